The fourth-order valence-corrected chi connectivity index (χ4v) is 2.28. The van der Waals surface area contributed by atoms with Crippen LogP contribution >= 0.6 is 0 Å². The molecule has 0 aliphatic carbocycles. The van der Waals surface area contributed by atoms with Gasteiger partial charge in [0, 0.05) is 22.7 Å². The van der Waals surface area contributed by atoms with Crippen molar-refractivity contribution < 1.29 is 14.3 Å². The van der Waals surface area contributed by atoms with Gasteiger partial charge in [0.05, 0.1) is 12.8 Å². The highest BCUT2D eigenvalue weighted by molar-refractivity contribution is 5.89. The van der Waals surface area contributed by atoms with Crippen LogP contribution < -0.4 is 5.32 Å². The van der Waals surface area contributed by atoms with Gasteiger partial charge in [-0.25, -0.2) is 0 Å². The SMILES string of the molecule is O=C(O)[C@H](NCc1ccco1)c1c[nH]c2ccccc12. The Balaban J connectivity index is 1.88. The Hall–Kier alpha value is -2.53. The number of aliphatic carboxylic acids is 1. The minimum Gasteiger partial charge on any atom is -0.480 e. The van der Waals surface area contributed by atoms with Crippen molar-refractivity contribution in [3.63, 3.8) is 0 Å². The lowest BCUT2D eigenvalue weighted by atomic mass is 10.1. The summed E-state index contributed by atoms with van der Waals surface area (Å²) in [5.74, 6) is -0.211. The van der Waals surface area contributed by atoms with Crippen molar-refractivity contribution in [3.05, 3.63) is 60.2 Å². The Kier molecular flexibility index (Phi) is 3.26. The molecular formula is C15H14N2O3. The number of para-hydroxylation sites is 1. The Morgan fingerprint density at radius 1 is 1.30 bits per heavy atom. The smallest absolute Gasteiger partial charge is 0.325 e. The van der Waals surface area contributed by atoms with Gasteiger partial charge in [-0.15, -0.1) is 0 Å². The topological polar surface area (TPSA) is 78.3 Å². The summed E-state index contributed by atoms with van der Waals surface area (Å²) in [5, 5.41) is 13.3. The van der Waals surface area contributed by atoms with E-state index in [1.165, 1.54) is 0 Å². The zero-order chi connectivity index (χ0) is 13.9. The van der Waals surface area contributed by atoms with E-state index in [1.807, 2.05) is 24.3 Å². The number of aromatic amines is 1. The molecule has 0 spiro atoms. The molecule has 2 heterocycles. The van der Waals surface area contributed by atoms with Crippen LogP contribution in [0.4, 0.5) is 0 Å². The maximum atomic E-state index is 11.5. The Bertz CT molecular complexity index is 716. The second-order valence-electron chi connectivity index (χ2n) is 4.52. The van der Waals surface area contributed by atoms with Crippen LogP contribution in [0.15, 0.2) is 53.3 Å². The molecule has 0 bridgehead atoms. The number of furan rings is 1. The van der Waals surface area contributed by atoms with Crippen LogP contribution in [0.5, 0.6) is 0 Å². The molecule has 1 atom stereocenters. The average Bonchev–Trinajstić information content (AvgIpc) is 3.08. The minimum atomic E-state index is -0.915. The third kappa shape index (κ3) is 2.31. The molecule has 3 rings (SSSR count). The van der Waals surface area contributed by atoms with E-state index in [-0.39, 0.29) is 0 Å². The van der Waals surface area contributed by atoms with Crippen molar-refractivity contribution in [1.29, 1.82) is 0 Å². The molecule has 3 N–H and O–H groups in total. The second-order valence-corrected chi connectivity index (χ2v) is 4.52. The third-order valence-corrected chi connectivity index (χ3v) is 3.24. The number of H-pyrrole nitrogens is 1. The molecule has 2 aromatic heterocycles. The van der Waals surface area contributed by atoms with E-state index < -0.39 is 12.0 Å². The first-order valence-electron chi connectivity index (χ1n) is 6.30. The number of carbonyl (C=O) groups is 1. The summed E-state index contributed by atoms with van der Waals surface area (Å²) >= 11 is 0. The van der Waals surface area contributed by atoms with Crippen molar-refractivity contribution in [2.24, 2.45) is 0 Å². The number of rotatable bonds is 5. The van der Waals surface area contributed by atoms with E-state index in [1.54, 1.807) is 24.6 Å². The standard InChI is InChI=1S/C15H14N2O3/c18-15(19)14(17-8-10-4-3-7-20-10)12-9-16-13-6-2-1-5-11(12)13/h1-7,9,14,16-17H,8H2,(H,18,19)/t14-/m1/s1. The Morgan fingerprint density at radius 2 is 2.15 bits per heavy atom. The molecule has 0 radical (unpaired) electrons. The van der Waals surface area contributed by atoms with E-state index in [4.69, 9.17) is 4.42 Å². The Labute approximate surface area is 115 Å². The molecule has 0 aliphatic heterocycles. The van der Waals surface area contributed by atoms with Crippen molar-refractivity contribution >= 4 is 16.9 Å². The zero-order valence-corrected chi connectivity index (χ0v) is 10.7. The largest absolute Gasteiger partial charge is 0.480 e. The normalized spacial score (nSPS) is 12.6. The summed E-state index contributed by atoms with van der Waals surface area (Å²) in [6.45, 7) is 0.365. The molecule has 0 amide bonds. The van der Waals surface area contributed by atoms with Crippen molar-refractivity contribution in [2.45, 2.75) is 12.6 Å². The fraction of sp³-hybridized carbons (Fsp3) is 0.133. The van der Waals surface area contributed by atoms with Crippen LogP contribution in [0.2, 0.25) is 0 Å². The number of hydrogen-bond acceptors (Lipinski definition) is 3. The third-order valence-electron chi connectivity index (χ3n) is 3.24. The lowest BCUT2D eigenvalue weighted by molar-refractivity contribution is -0.139. The monoisotopic (exact) mass is 270 g/mol. The molecule has 0 aliphatic rings. The van der Waals surface area contributed by atoms with Crippen LogP contribution in [0.25, 0.3) is 10.9 Å². The van der Waals surface area contributed by atoms with Crippen LogP contribution in [-0.2, 0) is 11.3 Å². The molecule has 0 fully saturated rings. The second kappa shape index (κ2) is 5.22. The first kappa shape index (κ1) is 12.5. The molecule has 3 aromatic rings. The molecule has 0 unspecified atom stereocenters. The van der Waals surface area contributed by atoms with Gasteiger partial charge >= 0.3 is 5.97 Å². The summed E-state index contributed by atoms with van der Waals surface area (Å²) in [4.78, 5) is 14.6. The molecule has 5 heteroatoms. The summed E-state index contributed by atoms with van der Waals surface area (Å²) in [5.41, 5.74) is 1.65. The number of carboxylic acid groups (broad SMARTS) is 1. The molecule has 102 valence electrons. The van der Waals surface area contributed by atoms with Crippen molar-refractivity contribution in [3.8, 4) is 0 Å². The lowest BCUT2D eigenvalue weighted by Gasteiger charge is -2.13. The van der Waals surface area contributed by atoms with Crippen LogP contribution in [0.1, 0.15) is 17.4 Å². The first-order chi connectivity index (χ1) is 9.75. The summed E-state index contributed by atoms with van der Waals surface area (Å²) in [6, 6.07) is 10.4. The van der Waals surface area contributed by atoms with E-state index in [0.717, 1.165) is 16.5 Å². The summed E-state index contributed by atoms with van der Waals surface area (Å²) in [6.07, 6.45) is 3.30. The zero-order valence-electron chi connectivity index (χ0n) is 10.7. The first-order valence-corrected chi connectivity index (χ1v) is 6.30. The van der Waals surface area contributed by atoms with E-state index in [0.29, 0.717) is 12.3 Å². The number of fused-ring (bicyclic) bond motifs is 1. The van der Waals surface area contributed by atoms with Gasteiger partial charge in [0.1, 0.15) is 11.8 Å². The number of carboxylic acids is 1. The van der Waals surface area contributed by atoms with E-state index in [9.17, 15) is 9.90 Å². The van der Waals surface area contributed by atoms with Gasteiger partial charge in [-0.1, -0.05) is 18.2 Å². The highest BCUT2D eigenvalue weighted by Crippen LogP contribution is 2.24. The maximum absolute atomic E-state index is 11.5. The quantitative estimate of drug-likeness (QED) is 0.666. The van der Waals surface area contributed by atoms with Crippen LogP contribution in [-0.4, -0.2) is 16.1 Å². The van der Waals surface area contributed by atoms with Crippen molar-refractivity contribution in [1.82, 2.24) is 10.3 Å². The highest BCUT2D eigenvalue weighted by Gasteiger charge is 2.22. The van der Waals surface area contributed by atoms with E-state index in [2.05, 4.69) is 10.3 Å². The summed E-state index contributed by atoms with van der Waals surface area (Å²) in [7, 11) is 0. The number of benzene rings is 1. The van der Waals surface area contributed by atoms with Crippen LogP contribution in [0.3, 0.4) is 0 Å². The highest BCUT2D eigenvalue weighted by atomic mass is 16.4. The average molecular weight is 270 g/mol. The van der Waals surface area contributed by atoms with Gasteiger partial charge in [-0.05, 0) is 18.2 Å². The molecule has 0 saturated heterocycles. The predicted molar refractivity (Wildman–Crippen MR) is 74.2 cm³/mol. The number of nitrogens with one attached hydrogen (secondary N) is 2. The fourth-order valence-electron chi connectivity index (χ4n) is 2.28. The molecular weight excluding hydrogens is 256 g/mol. The number of aromatic nitrogens is 1. The van der Waals surface area contributed by atoms with Crippen LogP contribution in [0, 0.1) is 0 Å². The van der Waals surface area contributed by atoms with Gasteiger partial charge in [0.15, 0.2) is 0 Å². The summed E-state index contributed by atoms with van der Waals surface area (Å²) < 4.78 is 5.21. The van der Waals surface area contributed by atoms with Gasteiger partial charge in [-0.3, -0.25) is 10.1 Å². The molecule has 0 saturated carbocycles. The maximum Gasteiger partial charge on any atom is 0.325 e. The Morgan fingerprint density at radius 3 is 2.90 bits per heavy atom. The molecule has 20 heavy (non-hydrogen) atoms. The minimum absolute atomic E-state index is 0.365. The predicted octanol–water partition coefficient (Wildman–Crippen LogP) is 2.68. The molecule has 5 nitrogen and oxygen atoms in total. The molecule has 1 aromatic carbocycles. The lowest BCUT2D eigenvalue weighted by Crippen LogP contribution is -2.27. The van der Waals surface area contributed by atoms with Crippen molar-refractivity contribution in [2.75, 3.05) is 0 Å². The van der Waals surface area contributed by atoms with E-state index >= 15 is 0 Å². The van der Waals surface area contributed by atoms with Gasteiger partial charge < -0.3 is 14.5 Å². The van der Waals surface area contributed by atoms with Gasteiger partial charge in [0.25, 0.3) is 0 Å². The van der Waals surface area contributed by atoms with Gasteiger partial charge in [-0.2, -0.15) is 0 Å². The number of hydrogen-bond donors (Lipinski definition) is 3. The van der Waals surface area contributed by atoms with Gasteiger partial charge in [0.2, 0.25) is 0 Å².